The zero-order valence-electron chi connectivity index (χ0n) is 22.2. The van der Waals surface area contributed by atoms with Gasteiger partial charge in [-0.2, -0.15) is 0 Å². The predicted octanol–water partition coefficient (Wildman–Crippen LogP) is 5.29. The Hall–Kier alpha value is -3.20. The monoisotopic (exact) mass is 537 g/mol. The maximum Gasteiger partial charge on any atom is 0.335 e. The third-order valence-electron chi connectivity index (χ3n) is 6.37. The number of benzene rings is 2. The van der Waals surface area contributed by atoms with E-state index in [0.717, 1.165) is 26.6 Å². The van der Waals surface area contributed by atoms with Crippen LogP contribution in [0.2, 0.25) is 0 Å². The lowest BCUT2D eigenvalue weighted by Gasteiger charge is -2.26. The van der Waals surface area contributed by atoms with Crippen LogP contribution in [0.15, 0.2) is 54.6 Å². The Morgan fingerprint density at radius 3 is 2.37 bits per heavy atom. The van der Waals surface area contributed by atoms with Gasteiger partial charge in [-0.15, -0.1) is 11.3 Å². The largest absolute Gasteiger partial charge is 0.488 e. The van der Waals surface area contributed by atoms with E-state index in [1.807, 2.05) is 60.4 Å². The van der Waals surface area contributed by atoms with Crippen molar-refractivity contribution in [3.63, 3.8) is 0 Å². The van der Waals surface area contributed by atoms with Gasteiger partial charge in [0.05, 0.1) is 19.8 Å². The molecule has 8 heteroatoms. The van der Waals surface area contributed by atoms with Crippen molar-refractivity contribution >= 4 is 23.2 Å². The van der Waals surface area contributed by atoms with Gasteiger partial charge in [0.1, 0.15) is 12.4 Å². The van der Waals surface area contributed by atoms with Crippen LogP contribution in [-0.2, 0) is 32.0 Å². The highest BCUT2D eigenvalue weighted by molar-refractivity contribution is 7.15. The summed E-state index contributed by atoms with van der Waals surface area (Å²) in [6.45, 7) is 9.45. The highest BCUT2D eigenvalue weighted by Gasteiger charge is 2.21. The second kappa shape index (κ2) is 13.6. The number of nitrogens with zero attached hydrogens (tertiary/aromatic N) is 1. The average molecular weight is 538 g/mol. The molecule has 3 aromatic rings. The van der Waals surface area contributed by atoms with E-state index >= 15 is 0 Å². The second-order valence-electron chi connectivity index (χ2n) is 9.03. The number of carbonyl (C=O) groups excluding carboxylic acids is 2. The van der Waals surface area contributed by atoms with E-state index in [4.69, 9.17) is 18.9 Å². The Balaban J connectivity index is 1.34. The summed E-state index contributed by atoms with van der Waals surface area (Å²) in [7, 11) is 0. The molecule has 1 amide bonds. The van der Waals surface area contributed by atoms with Gasteiger partial charge in [-0.3, -0.25) is 4.79 Å². The lowest BCUT2D eigenvalue weighted by molar-refractivity contribution is -0.156. The summed E-state index contributed by atoms with van der Waals surface area (Å²) in [5, 5.41) is 0. The Morgan fingerprint density at radius 1 is 1.00 bits per heavy atom. The smallest absolute Gasteiger partial charge is 0.335 e. The summed E-state index contributed by atoms with van der Waals surface area (Å²) < 4.78 is 22.1. The highest BCUT2D eigenvalue weighted by atomic mass is 32.1. The van der Waals surface area contributed by atoms with Crippen molar-refractivity contribution in [3.8, 4) is 16.2 Å². The van der Waals surface area contributed by atoms with Gasteiger partial charge >= 0.3 is 5.97 Å². The minimum atomic E-state index is -0.606. The number of aryl methyl sites for hydroxylation is 1. The first-order valence-electron chi connectivity index (χ1n) is 13.0. The van der Waals surface area contributed by atoms with Gasteiger partial charge in [0.25, 0.3) is 5.91 Å². The molecule has 0 N–H and O–H groups in total. The first-order chi connectivity index (χ1) is 18.5. The molecule has 0 saturated carbocycles. The molecule has 4 rings (SSSR count). The minimum Gasteiger partial charge on any atom is -0.488 e. The number of morpholine rings is 1. The zero-order valence-corrected chi connectivity index (χ0v) is 23.1. The van der Waals surface area contributed by atoms with E-state index in [0.29, 0.717) is 58.1 Å². The zero-order chi connectivity index (χ0) is 26.9. The van der Waals surface area contributed by atoms with Crippen molar-refractivity contribution in [2.45, 2.75) is 39.9 Å². The molecule has 0 aliphatic carbocycles. The Bertz CT molecular complexity index is 1200. The second-order valence-corrected chi connectivity index (χ2v) is 10.2. The van der Waals surface area contributed by atoms with E-state index < -0.39 is 6.10 Å². The van der Waals surface area contributed by atoms with Gasteiger partial charge in [-0.25, -0.2) is 4.79 Å². The van der Waals surface area contributed by atoms with Crippen molar-refractivity contribution in [2.24, 2.45) is 0 Å². The summed E-state index contributed by atoms with van der Waals surface area (Å²) in [4.78, 5) is 29.0. The SMILES string of the molecule is CCOC(=O)[C@H](Cc1ccc(OCc2sc(-c3ccc(C(=O)N4CCOCC4)cc3)cc2C)cc1)OCC. The van der Waals surface area contributed by atoms with Crippen molar-refractivity contribution in [1.29, 1.82) is 0 Å². The Kier molecular flexibility index (Phi) is 9.92. The molecule has 1 aliphatic rings. The van der Waals surface area contributed by atoms with E-state index in [-0.39, 0.29) is 11.9 Å². The molecule has 1 fully saturated rings. The van der Waals surface area contributed by atoms with Crippen LogP contribution in [0.25, 0.3) is 10.4 Å². The Labute approximate surface area is 228 Å². The van der Waals surface area contributed by atoms with Crippen LogP contribution in [-0.4, -0.2) is 62.4 Å². The molecule has 0 radical (unpaired) electrons. The molecular weight excluding hydrogens is 502 g/mol. The van der Waals surface area contributed by atoms with E-state index in [2.05, 4.69) is 13.0 Å². The summed E-state index contributed by atoms with van der Waals surface area (Å²) in [5.74, 6) is 0.479. The van der Waals surface area contributed by atoms with Crippen molar-refractivity contribution in [1.82, 2.24) is 4.90 Å². The molecule has 0 spiro atoms. The topological polar surface area (TPSA) is 74.3 Å². The van der Waals surface area contributed by atoms with Crippen LogP contribution in [0.3, 0.4) is 0 Å². The maximum atomic E-state index is 12.7. The van der Waals surface area contributed by atoms with Crippen molar-refractivity contribution in [2.75, 3.05) is 39.5 Å². The van der Waals surface area contributed by atoms with Crippen LogP contribution in [0.1, 0.15) is 40.2 Å². The highest BCUT2D eigenvalue weighted by Crippen LogP contribution is 2.32. The molecule has 2 aromatic carbocycles. The van der Waals surface area contributed by atoms with Gasteiger partial charge in [-0.1, -0.05) is 24.3 Å². The van der Waals surface area contributed by atoms with Gasteiger partial charge in [0.2, 0.25) is 0 Å². The number of rotatable bonds is 11. The number of carbonyl (C=O) groups is 2. The van der Waals surface area contributed by atoms with Gasteiger partial charge in [0, 0.05) is 41.4 Å². The molecule has 1 aromatic heterocycles. The number of thiophene rings is 1. The van der Waals surface area contributed by atoms with E-state index in [9.17, 15) is 9.59 Å². The summed E-state index contributed by atoms with van der Waals surface area (Å²) >= 11 is 1.69. The normalized spacial score (nSPS) is 14.2. The summed E-state index contributed by atoms with van der Waals surface area (Å²) in [6.07, 6.45) is -0.151. The number of amides is 1. The van der Waals surface area contributed by atoms with Crippen LogP contribution in [0.4, 0.5) is 0 Å². The fourth-order valence-corrected chi connectivity index (χ4v) is 5.36. The third-order valence-corrected chi connectivity index (χ3v) is 7.63. The molecule has 0 unspecified atom stereocenters. The number of hydrogen-bond donors (Lipinski definition) is 0. The fourth-order valence-electron chi connectivity index (χ4n) is 4.26. The molecule has 202 valence electrons. The first-order valence-corrected chi connectivity index (χ1v) is 13.9. The average Bonchev–Trinajstić information content (AvgIpc) is 3.33. The first kappa shape index (κ1) is 27.8. The van der Waals surface area contributed by atoms with Crippen molar-refractivity contribution in [3.05, 3.63) is 76.2 Å². The van der Waals surface area contributed by atoms with Crippen LogP contribution >= 0.6 is 11.3 Å². The van der Waals surface area contributed by atoms with Gasteiger partial charge in [0.15, 0.2) is 6.10 Å². The maximum absolute atomic E-state index is 12.7. The van der Waals surface area contributed by atoms with E-state index in [1.54, 1.807) is 18.3 Å². The molecule has 1 aliphatic heterocycles. The van der Waals surface area contributed by atoms with Crippen molar-refractivity contribution < 1.29 is 28.5 Å². The summed E-state index contributed by atoms with van der Waals surface area (Å²) in [5.41, 5.74) is 3.93. The van der Waals surface area contributed by atoms with Crippen LogP contribution in [0, 0.1) is 6.92 Å². The Morgan fingerprint density at radius 2 is 1.71 bits per heavy atom. The van der Waals surface area contributed by atoms with E-state index in [1.165, 1.54) is 5.56 Å². The summed E-state index contributed by atoms with van der Waals surface area (Å²) in [6, 6.07) is 17.7. The molecule has 0 bridgehead atoms. The lowest BCUT2D eigenvalue weighted by atomic mass is 10.1. The standard InChI is InChI=1S/C30H35NO6S/c1-4-35-26(30(33)36-5-2)19-22-6-12-25(13-7-22)37-20-28-21(3)18-27(38-28)23-8-10-24(11-9-23)29(32)31-14-16-34-17-15-31/h6-13,18,26H,4-5,14-17,19-20H2,1-3H3/t26-/m0/s1. The van der Waals surface area contributed by atoms with Gasteiger partial charge in [-0.05, 0) is 67.8 Å². The molecule has 7 nitrogen and oxygen atoms in total. The molecular formula is C30H35NO6S. The molecule has 1 saturated heterocycles. The van der Waals surface area contributed by atoms with Crippen LogP contribution in [0.5, 0.6) is 5.75 Å². The van der Waals surface area contributed by atoms with Crippen LogP contribution < -0.4 is 4.74 Å². The quantitative estimate of drug-likeness (QED) is 0.310. The third kappa shape index (κ3) is 7.22. The number of hydrogen-bond acceptors (Lipinski definition) is 7. The molecule has 38 heavy (non-hydrogen) atoms. The molecule has 1 atom stereocenters. The number of ether oxygens (including phenoxy) is 4. The molecule has 2 heterocycles. The van der Waals surface area contributed by atoms with Gasteiger partial charge < -0.3 is 23.8 Å². The predicted molar refractivity (Wildman–Crippen MR) is 148 cm³/mol. The minimum absolute atomic E-state index is 0.0524. The fraction of sp³-hybridized carbons (Fsp3) is 0.400. The number of esters is 1. The lowest BCUT2D eigenvalue weighted by Crippen LogP contribution is -2.40.